The molecule has 1 aromatic carbocycles. The lowest BCUT2D eigenvalue weighted by atomic mass is 10.1. The Labute approximate surface area is 203 Å². The fraction of sp³-hybridized carbons (Fsp3) is 0.652. The zero-order valence-electron chi connectivity index (χ0n) is 18.7. The van der Waals surface area contributed by atoms with Crippen LogP contribution in [0.3, 0.4) is 0 Å². The van der Waals surface area contributed by atoms with Crippen molar-refractivity contribution in [2.75, 3.05) is 45.9 Å². The van der Waals surface area contributed by atoms with E-state index >= 15 is 0 Å². The molecule has 174 valence electrons. The number of benzene rings is 1. The Morgan fingerprint density at radius 3 is 2.74 bits per heavy atom. The third-order valence-electron chi connectivity index (χ3n) is 5.64. The molecule has 1 amide bonds. The van der Waals surface area contributed by atoms with Crippen LogP contribution in [0.15, 0.2) is 29.3 Å². The number of aliphatic imine (C=N–C) groups is 1. The number of ether oxygens (including phenoxy) is 1. The van der Waals surface area contributed by atoms with Crippen LogP contribution in [0.2, 0.25) is 0 Å². The number of guanidine groups is 1. The van der Waals surface area contributed by atoms with Crippen molar-refractivity contribution in [2.45, 2.75) is 51.7 Å². The molecule has 3 rings (SSSR count). The van der Waals surface area contributed by atoms with E-state index in [1.54, 1.807) is 0 Å². The van der Waals surface area contributed by atoms with E-state index in [0.717, 1.165) is 50.6 Å². The van der Waals surface area contributed by atoms with Crippen molar-refractivity contribution >= 4 is 35.8 Å². The molecule has 0 spiro atoms. The van der Waals surface area contributed by atoms with Gasteiger partial charge in [-0.15, -0.1) is 24.0 Å². The fourth-order valence-electron chi connectivity index (χ4n) is 3.95. The molecule has 2 fully saturated rings. The van der Waals surface area contributed by atoms with E-state index in [9.17, 15) is 4.79 Å². The molecule has 1 aromatic rings. The van der Waals surface area contributed by atoms with Crippen molar-refractivity contribution in [2.24, 2.45) is 4.99 Å². The van der Waals surface area contributed by atoms with Gasteiger partial charge in [-0.05, 0) is 63.4 Å². The van der Waals surface area contributed by atoms with Gasteiger partial charge in [0.1, 0.15) is 0 Å². The van der Waals surface area contributed by atoms with E-state index in [0.29, 0.717) is 18.7 Å². The molecule has 0 aromatic heterocycles. The van der Waals surface area contributed by atoms with Gasteiger partial charge < -0.3 is 25.6 Å². The Hall–Kier alpha value is -1.39. The lowest BCUT2D eigenvalue weighted by molar-refractivity contribution is 0.0857. The average molecular weight is 543 g/mol. The maximum absolute atomic E-state index is 12.5. The van der Waals surface area contributed by atoms with E-state index in [-0.39, 0.29) is 36.0 Å². The molecular weight excluding hydrogens is 505 g/mol. The summed E-state index contributed by atoms with van der Waals surface area (Å²) in [7, 11) is 0. The number of piperidine rings is 1. The molecule has 0 aliphatic carbocycles. The van der Waals surface area contributed by atoms with Crippen molar-refractivity contribution in [1.29, 1.82) is 0 Å². The van der Waals surface area contributed by atoms with Gasteiger partial charge in [-0.2, -0.15) is 0 Å². The number of amides is 1. The zero-order chi connectivity index (χ0) is 21.0. The second-order valence-corrected chi connectivity index (χ2v) is 8.07. The SMILES string of the molecule is CCNC(=NCc1cccc(C(=O)NCC2CCCO2)c1)NCCN1CCCCC1.I. The second-order valence-electron chi connectivity index (χ2n) is 8.07. The summed E-state index contributed by atoms with van der Waals surface area (Å²) in [5, 5.41) is 9.72. The molecule has 0 radical (unpaired) electrons. The number of carbonyl (C=O) groups is 1. The third kappa shape index (κ3) is 9.33. The monoisotopic (exact) mass is 543 g/mol. The summed E-state index contributed by atoms with van der Waals surface area (Å²) in [6, 6.07) is 7.70. The first-order valence-corrected chi connectivity index (χ1v) is 11.5. The van der Waals surface area contributed by atoms with E-state index < -0.39 is 0 Å². The van der Waals surface area contributed by atoms with Gasteiger partial charge in [0.2, 0.25) is 0 Å². The Bertz CT molecular complexity index is 688. The van der Waals surface area contributed by atoms with Crippen LogP contribution in [0.25, 0.3) is 0 Å². The molecule has 0 bridgehead atoms. The third-order valence-corrected chi connectivity index (χ3v) is 5.64. The van der Waals surface area contributed by atoms with Crippen LogP contribution in [-0.2, 0) is 11.3 Å². The Kier molecular flexibility index (Phi) is 12.2. The molecule has 2 saturated heterocycles. The van der Waals surface area contributed by atoms with Crippen molar-refractivity contribution < 1.29 is 9.53 Å². The highest BCUT2D eigenvalue weighted by Crippen LogP contribution is 2.12. The number of hydrogen-bond donors (Lipinski definition) is 3. The molecule has 1 unspecified atom stereocenters. The molecule has 31 heavy (non-hydrogen) atoms. The predicted octanol–water partition coefficient (Wildman–Crippen LogP) is 2.75. The molecule has 3 N–H and O–H groups in total. The largest absolute Gasteiger partial charge is 0.376 e. The first kappa shape index (κ1) is 25.9. The first-order valence-electron chi connectivity index (χ1n) is 11.5. The lowest BCUT2D eigenvalue weighted by Gasteiger charge is -2.26. The molecule has 1 atom stereocenters. The maximum atomic E-state index is 12.5. The number of rotatable bonds is 9. The molecular formula is C23H38IN5O2. The minimum atomic E-state index is -0.0529. The standard InChI is InChI=1S/C23H37N5O2.HI/c1-2-24-23(25-11-14-28-12-4-3-5-13-28)27-17-19-8-6-9-20(16-19)22(29)26-18-21-10-7-15-30-21;/h6,8-9,16,21H,2-5,7,10-15,17-18H2,1H3,(H,26,29)(H2,24,25,27);1H. The smallest absolute Gasteiger partial charge is 0.251 e. The number of hydrogen-bond acceptors (Lipinski definition) is 4. The summed E-state index contributed by atoms with van der Waals surface area (Å²) >= 11 is 0. The second kappa shape index (κ2) is 14.6. The molecule has 8 heteroatoms. The molecule has 2 aliphatic rings. The molecule has 2 aliphatic heterocycles. The van der Waals surface area contributed by atoms with Gasteiger partial charge in [-0.1, -0.05) is 18.6 Å². The Morgan fingerprint density at radius 1 is 1.16 bits per heavy atom. The van der Waals surface area contributed by atoms with Crippen LogP contribution in [-0.4, -0.2) is 68.7 Å². The molecule has 2 heterocycles. The highest BCUT2D eigenvalue weighted by atomic mass is 127. The quantitative estimate of drug-likeness (QED) is 0.254. The van der Waals surface area contributed by atoms with Crippen molar-refractivity contribution in [3.05, 3.63) is 35.4 Å². The number of carbonyl (C=O) groups excluding carboxylic acids is 1. The first-order chi connectivity index (χ1) is 14.7. The summed E-state index contributed by atoms with van der Waals surface area (Å²) in [6.07, 6.45) is 6.23. The van der Waals surface area contributed by atoms with Crippen LogP contribution < -0.4 is 16.0 Å². The van der Waals surface area contributed by atoms with E-state index in [4.69, 9.17) is 9.73 Å². The number of nitrogens with one attached hydrogen (secondary N) is 3. The van der Waals surface area contributed by atoms with E-state index in [2.05, 4.69) is 27.8 Å². The van der Waals surface area contributed by atoms with Crippen LogP contribution in [0.4, 0.5) is 0 Å². The molecule has 0 saturated carbocycles. The zero-order valence-corrected chi connectivity index (χ0v) is 21.0. The van der Waals surface area contributed by atoms with Gasteiger partial charge >= 0.3 is 0 Å². The van der Waals surface area contributed by atoms with Crippen molar-refractivity contribution in [3.63, 3.8) is 0 Å². The minimum absolute atomic E-state index is 0. The van der Waals surface area contributed by atoms with Gasteiger partial charge in [-0.25, -0.2) is 4.99 Å². The lowest BCUT2D eigenvalue weighted by Crippen LogP contribution is -2.42. The number of nitrogens with zero attached hydrogens (tertiary/aromatic N) is 2. The molecule has 7 nitrogen and oxygen atoms in total. The van der Waals surface area contributed by atoms with Crippen LogP contribution >= 0.6 is 24.0 Å². The van der Waals surface area contributed by atoms with Crippen LogP contribution in [0, 0.1) is 0 Å². The number of likely N-dealkylation sites (tertiary alicyclic amines) is 1. The van der Waals surface area contributed by atoms with Crippen LogP contribution in [0.5, 0.6) is 0 Å². The summed E-state index contributed by atoms with van der Waals surface area (Å²) < 4.78 is 5.57. The normalized spacial score (nSPS) is 19.5. The van der Waals surface area contributed by atoms with E-state index in [1.807, 2.05) is 24.3 Å². The topological polar surface area (TPSA) is 78.0 Å². The summed E-state index contributed by atoms with van der Waals surface area (Å²) in [4.78, 5) is 19.7. The average Bonchev–Trinajstić information content (AvgIpc) is 3.30. The fourth-order valence-corrected chi connectivity index (χ4v) is 3.95. The van der Waals surface area contributed by atoms with Crippen molar-refractivity contribution in [1.82, 2.24) is 20.9 Å². The summed E-state index contributed by atoms with van der Waals surface area (Å²) in [5.41, 5.74) is 1.69. The Balaban J connectivity index is 0.00000341. The van der Waals surface area contributed by atoms with Gasteiger partial charge in [0, 0.05) is 38.3 Å². The van der Waals surface area contributed by atoms with Gasteiger partial charge in [0.05, 0.1) is 12.6 Å². The van der Waals surface area contributed by atoms with Gasteiger partial charge in [-0.3, -0.25) is 4.79 Å². The summed E-state index contributed by atoms with van der Waals surface area (Å²) in [6.45, 7) is 9.14. The maximum Gasteiger partial charge on any atom is 0.251 e. The van der Waals surface area contributed by atoms with E-state index in [1.165, 1.54) is 32.4 Å². The highest BCUT2D eigenvalue weighted by Gasteiger charge is 2.16. The number of halogens is 1. The van der Waals surface area contributed by atoms with Crippen LogP contribution in [0.1, 0.15) is 54.9 Å². The van der Waals surface area contributed by atoms with Gasteiger partial charge in [0.15, 0.2) is 5.96 Å². The predicted molar refractivity (Wildman–Crippen MR) is 136 cm³/mol. The van der Waals surface area contributed by atoms with Gasteiger partial charge in [0.25, 0.3) is 5.91 Å². The summed E-state index contributed by atoms with van der Waals surface area (Å²) in [5.74, 6) is 0.769. The highest BCUT2D eigenvalue weighted by molar-refractivity contribution is 14.0. The minimum Gasteiger partial charge on any atom is -0.376 e. The van der Waals surface area contributed by atoms with Crippen molar-refractivity contribution in [3.8, 4) is 0 Å². The Morgan fingerprint density at radius 2 is 2.00 bits per heavy atom.